The van der Waals surface area contributed by atoms with E-state index in [4.69, 9.17) is 0 Å². The van der Waals surface area contributed by atoms with Crippen LogP contribution in [0, 0.1) is 11.8 Å². The van der Waals surface area contributed by atoms with Gasteiger partial charge in [0.15, 0.2) is 0 Å². The van der Waals surface area contributed by atoms with Crippen molar-refractivity contribution in [2.75, 3.05) is 19.6 Å². The Morgan fingerprint density at radius 3 is 2.77 bits per heavy atom. The van der Waals surface area contributed by atoms with E-state index in [9.17, 15) is 5.11 Å². The average Bonchev–Trinajstić information content (AvgIpc) is 2.51. The summed E-state index contributed by atoms with van der Waals surface area (Å²) < 4.78 is 0. The number of nitrogens with zero attached hydrogens (tertiary/aromatic N) is 1. The first-order chi connectivity index (χ1) is 10.8. The normalized spacial score (nSPS) is 33.2. The molecule has 0 aromatic heterocycles. The van der Waals surface area contributed by atoms with Crippen molar-refractivity contribution < 1.29 is 5.11 Å². The second-order valence-electron chi connectivity index (χ2n) is 7.96. The molecule has 1 saturated heterocycles. The summed E-state index contributed by atoms with van der Waals surface area (Å²) in [6.07, 6.45) is 11.1. The molecule has 0 amide bonds. The van der Waals surface area contributed by atoms with E-state index in [0.717, 1.165) is 11.8 Å². The summed E-state index contributed by atoms with van der Waals surface area (Å²) in [7, 11) is 0. The Labute approximate surface area is 134 Å². The van der Waals surface area contributed by atoms with Gasteiger partial charge in [-0.1, -0.05) is 31.4 Å². The summed E-state index contributed by atoms with van der Waals surface area (Å²) in [4.78, 5) is 2.75. The Hall–Kier alpha value is -1.02. The number of fused-ring (bicyclic) bond motifs is 1. The first kappa shape index (κ1) is 14.6. The van der Waals surface area contributed by atoms with Crippen LogP contribution >= 0.6 is 0 Å². The number of benzene rings is 1. The molecule has 0 spiro atoms. The highest BCUT2D eigenvalue weighted by molar-refractivity contribution is 5.35. The summed E-state index contributed by atoms with van der Waals surface area (Å²) in [5.74, 6) is 2.21. The number of likely N-dealkylation sites (tertiary alicyclic amines) is 1. The van der Waals surface area contributed by atoms with Gasteiger partial charge in [-0.2, -0.15) is 0 Å². The van der Waals surface area contributed by atoms with E-state index in [1.165, 1.54) is 76.6 Å². The standard InChI is InChI=1S/C20H29NO/c22-19-9-4-8-17(13-19)20-10-2-1-7-18(20)15-21(12-11-20)14-16-5-3-6-16/h4,8-9,13,16,18,22H,1-3,5-7,10-12,14-15H2/t18-,20-/m1/s1. The maximum atomic E-state index is 9.93. The fourth-order valence-electron chi connectivity index (χ4n) is 5.21. The number of aromatic hydroxyl groups is 1. The van der Waals surface area contributed by atoms with Crippen LogP contribution in [0.4, 0.5) is 0 Å². The fourth-order valence-corrected chi connectivity index (χ4v) is 5.21. The predicted octanol–water partition coefficient (Wildman–Crippen LogP) is 4.33. The minimum absolute atomic E-state index is 0.340. The van der Waals surface area contributed by atoms with Crippen LogP contribution in [-0.4, -0.2) is 29.6 Å². The van der Waals surface area contributed by atoms with Gasteiger partial charge in [0.1, 0.15) is 5.75 Å². The van der Waals surface area contributed by atoms with Crippen LogP contribution in [0.3, 0.4) is 0 Å². The van der Waals surface area contributed by atoms with Gasteiger partial charge in [0.2, 0.25) is 0 Å². The van der Waals surface area contributed by atoms with Crippen LogP contribution in [0.2, 0.25) is 0 Å². The lowest BCUT2D eigenvalue weighted by Crippen LogP contribution is -2.52. The summed E-state index contributed by atoms with van der Waals surface area (Å²) in [5.41, 5.74) is 1.74. The van der Waals surface area contributed by atoms with E-state index in [1.807, 2.05) is 18.2 Å². The monoisotopic (exact) mass is 299 g/mol. The fraction of sp³-hybridized carbons (Fsp3) is 0.700. The zero-order valence-electron chi connectivity index (χ0n) is 13.6. The van der Waals surface area contributed by atoms with Gasteiger partial charge in [-0.25, -0.2) is 0 Å². The lowest BCUT2D eigenvalue weighted by molar-refractivity contribution is 0.0393. The van der Waals surface area contributed by atoms with Crippen LogP contribution < -0.4 is 0 Å². The molecule has 1 aromatic rings. The number of phenols is 1. The van der Waals surface area contributed by atoms with Gasteiger partial charge < -0.3 is 10.0 Å². The zero-order valence-corrected chi connectivity index (χ0v) is 13.6. The Kier molecular flexibility index (Phi) is 3.89. The van der Waals surface area contributed by atoms with Crippen molar-refractivity contribution in [1.82, 2.24) is 4.90 Å². The summed E-state index contributed by atoms with van der Waals surface area (Å²) in [6.45, 7) is 3.88. The number of phenolic OH excluding ortho intramolecular Hbond substituents is 1. The zero-order chi connectivity index (χ0) is 15.0. The molecule has 0 bridgehead atoms. The van der Waals surface area contributed by atoms with Crippen molar-refractivity contribution in [3.05, 3.63) is 29.8 Å². The molecule has 4 rings (SSSR count). The molecule has 1 aliphatic heterocycles. The highest BCUT2D eigenvalue weighted by Crippen LogP contribution is 2.49. The van der Waals surface area contributed by atoms with E-state index in [2.05, 4.69) is 11.0 Å². The third-order valence-corrected chi connectivity index (χ3v) is 6.72. The summed E-state index contributed by atoms with van der Waals surface area (Å²) in [6, 6.07) is 8.15. The maximum Gasteiger partial charge on any atom is 0.115 e. The first-order valence-electron chi connectivity index (χ1n) is 9.28. The number of rotatable bonds is 3. The molecule has 2 aliphatic carbocycles. The largest absolute Gasteiger partial charge is 0.508 e. The van der Waals surface area contributed by atoms with E-state index in [0.29, 0.717) is 11.2 Å². The molecule has 3 fully saturated rings. The SMILES string of the molecule is Oc1cccc([C@]23CCCC[C@@H]2CN(CC2CCC2)CC3)c1. The van der Waals surface area contributed by atoms with Gasteiger partial charge >= 0.3 is 0 Å². The summed E-state index contributed by atoms with van der Waals surface area (Å²) >= 11 is 0. The summed E-state index contributed by atoms with van der Waals surface area (Å²) in [5, 5.41) is 9.93. The number of hydrogen-bond donors (Lipinski definition) is 1. The van der Waals surface area contributed by atoms with Crippen LogP contribution in [0.25, 0.3) is 0 Å². The van der Waals surface area contributed by atoms with Crippen molar-refractivity contribution in [2.24, 2.45) is 11.8 Å². The first-order valence-corrected chi connectivity index (χ1v) is 9.28. The van der Waals surface area contributed by atoms with Crippen LogP contribution in [0.1, 0.15) is 56.9 Å². The van der Waals surface area contributed by atoms with E-state index < -0.39 is 0 Å². The van der Waals surface area contributed by atoms with Gasteiger partial charge in [0.05, 0.1) is 0 Å². The van der Waals surface area contributed by atoms with Crippen LogP contribution in [0.15, 0.2) is 24.3 Å². The lowest BCUT2D eigenvalue weighted by Gasteiger charge is -2.52. The van der Waals surface area contributed by atoms with Gasteiger partial charge in [0.25, 0.3) is 0 Å². The molecule has 1 aromatic carbocycles. The van der Waals surface area contributed by atoms with E-state index in [1.54, 1.807) is 0 Å². The second-order valence-corrected chi connectivity index (χ2v) is 7.96. The molecule has 3 aliphatic rings. The van der Waals surface area contributed by atoms with Crippen molar-refractivity contribution in [3.63, 3.8) is 0 Å². The van der Waals surface area contributed by atoms with Crippen molar-refractivity contribution >= 4 is 0 Å². The molecule has 2 atom stereocenters. The molecule has 0 unspecified atom stereocenters. The number of piperidine rings is 1. The topological polar surface area (TPSA) is 23.5 Å². The molecular formula is C20H29NO. The molecule has 1 heterocycles. The van der Waals surface area contributed by atoms with Crippen molar-refractivity contribution in [2.45, 2.75) is 56.8 Å². The minimum atomic E-state index is 0.340. The van der Waals surface area contributed by atoms with Crippen LogP contribution in [-0.2, 0) is 5.41 Å². The molecule has 0 radical (unpaired) electrons. The molecule has 2 nitrogen and oxygen atoms in total. The van der Waals surface area contributed by atoms with Gasteiger partial charge in [-0.3, -0.25) is 0 Å². The minimum Gasteiger partial charge on any atom is -0.508 e. The van der Waals surface area contributed by atoms with E-state index >= 15 is 0 Å². The van der Waals surface area contributed by atoms with Crippen molar-refractivity contribution in [3.8, 4) is 5.75 Å². The Morgan fingerprint density at radius 1 is 1.09 bits per heavy atom. The number of hydrogen-bond acceptors (Lipinski definition) is 2. The second kappa shape index (κ2) is 5.88. The highest BCUT2D eigenvalue weighted by Gasteiger charge is 2.45. The Bertz CT molecular complexity index is 524. The molecule has 1 N–H and O–H groups in total. The Balaban J connectivity index is 1.55. The van der Waals surface area contributed by atoms with Crippen LogP contribution in [0.5, 0.6) is 5.75 Å². The molecular weight excluding hydrogens is 270 g/mol. The molecule has 2 heteroatoms. The lowest BCUT2D eigenvalue weighted by atomic mass is 9.59. The Morgan fingerprint density at radius 2 is 2.00 bits per heavy atom. The maximum absolute atomic E-state index is 9.93. The van der Waals surface area contributed by atoms with Gasteiger partial charge in [-0.15, -0.1) is 0 Å². The third kappa shape index (κ3) is 2.56. The molecule has 120 valence electrons. The van der Waals surface area contributed by atoms with Crippen molar-refractivity contribution in [1.29, 1.82) is 0 Å². The van der Waals surface area contributed by atoms with Gasteiger partial charge in [-0.05, 0) is 68.2 Å². The molecule has 22 heavy (non-hydrogen) atoms. The van der Waals surface area contributed by atoms with Gasteiger partial charge in [0, 0.05) is 18.5 Å². The van der Waals surface area contributed by atoms with E-state index in [-0.39, 0.29) is 0 Å². The third-order valence-electron chi connectivity index (χ3n) is 6.72. The average molecular weight is 299 g/mol. The highest BCUT2D eigenvalue weighted by atomic mass is 16.3. The molecule has 2 saturated carbocycles. The smallest absolute Gasteiger partial charge is 0.115 e. The quantitative estimate of drug-likeness (QED) is 0.898. The predicted molar refractivity (Wildman–Crippen MR) is 90.1 cm³/mol.